The van der Waals surface area contributed by atoms with Crippen molar-refractivity contribution in [3.8, 4) is 0 Å². The number of rotatable bonds is 15. The highest BCUT2D eigenvalue weighted by Crippen LogP contribution is 2.31. The molecule has 4 rings (SSSR count). The molecule has 1 aliphatic heterocycles. The van der Waals surface area contributed by atoms with Gasteiger partial charge in [-0.3, -0.25) is 14.4 Å². The van der Waals surface area contributed by atoms with Crippen LogP contribution in [0.1, 0.15) is 36.5 Å². The summed E-state index contributed by atoms with van der Waals surface area (Å²) in [6.07, 6.45) is 0.666. The summed E-state index contributed by atoms with van der Waals surface area (Å²) < 4.78 is 11.2. The van der Waals surface area contributed by atoms with E-state index < -0.39 is 48.4 Å². The number of amides is 4. The Labute approximate surface area is 251 Å². The van der Waals surface area contributed by atoms with Gasteiger partial charge in [0, 0.05) is 0 Å². The standard InChI is InChI=1S/C33H38N4O6/c1-22(35-33(41)42-21-25-15-9-4-10-16-25)31(39)37-27(20-29(34)38)32(40)36-26(19-24-13-7-3-8-14-24)30-28(43-30)18-17-23-11-5-2-6-12-23/h2-16,22,26-28,30H,17-21H2,1H3,(H2,34,38)(H,35,41)(H,36,40)(H,37,39)/t22-,26?,27-,28?,30?/m1/s1. The molecule has 1 saturated heterocycles. The maximum Gasteiger partial charge on any atom is 0.408 e. The molecule has 0 bridgehead atoms. The SMILES string of the molecule is C[C@@H](NC(=O)OCc1ccccc1)C(=O)N[C@H](CC(N)=O)C(=O)NC(Cc1ccccc1)C1OC1CCc1ccccc1. The quantitative estimate of drug-likeness (QED) is 0.201. The number of aryl methyl sites for hydroxylation is 1. The summed E-state index contributed by atoms with van der Waals surface area (Å²) >= 11 is 0. The van der Waals surface area contributed by atoms with Gasteiger partial charge in [-0.05, 0) is 42.9 Å². The van der Waals surface area contributed by atoms with Crippen LogP contribution in [0.25, 0.3) is 0 Å². The topological polar surface area (TPSA) is 152 Å². The third-order valence-corrected chi connectivity index (χ3v) is 7.18. The lowest BCUT2D eigenvalue weighted by atomic mass is 9.98. The molecule has 226 valence electrons. The van der Waals surface area contributed by atoms with Gasteiger partial charge < -0.3 is 31.2 Å². The minimum atomic E-state index is -1.24. The number of alkyl carbamates (subject to hydrolysis) is 1. The van der Waals surface area contributed by atoms with Gasteiger partial charge in [0.05, 0.1) is 18.6 Å². The van der Waals surface area contributed by atoms with Gasteiger partial charge in [-0.15, -0.1) is 0 Å². The zero-order chi connectivity index (χ0) is 30.6. The average molecular weight is 587 g/mol. The number of hydrogen-bond donors (Lipinski definition) is 4. The van der Waals surface area contributed by atoms with Crippen molar-refractivity contribution in [3.63, 3.8) is 0 Å². The predicted octanol–water partition coefficient (Wildman–Crippen LogP) is 2.79. The summed E-state index contributed by atoms with van der Waals surface area (Å²) in [5.74, 6) is -1.99. The van der Waals surface area contributed by atoms with Crippen molar-refractivity contribution in [2.24, 2.45) is 5.73 Å². The molecule has 5 atom stereocenters. The molecule has 5 N–H and O–H groups in total. The molecule has 0 saturated carbocycles. The molecule has 0 aromatic heterocycles. The van der Waals surface area contributed by atoms with Crippen LogP contribution in [0, 0.1) is 0 Å². The Bertz CT molecular complexity index is 1360. The minimum Gasteiger partial charge on any atom is -0.445 e. The molecule has 0 radical (unpaired) electrons. The predicted molar refractivity (Wildman–Crippen MR) is 160 cm³/mol. The first-order chi connectivity index (χ1) is 20.8. The van der Waals surface area contributed by atoms with Crippen molar-refractivity contribution in [2.45, 2.75) is 69.5 Å². The number of epoxide rings is 1. The van der Waals surface area contributed by atoms with Crippen LogP contribution in [-0.4, -0.2) is 54.1 Å². The second kappa shape index (κ2) is 15.5. The van der Waals surface area contributed by atoms with Crippen molar-refractivity contribution < 1.29 is 28.7 Å². The number of nitrogens with two attached hydrogens (primary N) is 1. The van der Waals surface area contributed by atoms with Crippen LogP contribution in [-0.2, 0) is 43.3 Å². The molecule has 43 heavy (non-hydrogen) atoms. The molecule has 10 heteroatoms. The van der Waals surface area contributed by atoms with Crippen LogP contribution in [0.4, 0.5) is 4.79 Å². The Morgan fingerprint density at radius 2 is 1.37 bits per heavy atom. The second-order valence-electron chi connectivity index (χ2n) is 10.6. The van der Waals surface area contributed by atoms with Crippen molar-refractivity contribution in [1.82, 2.24) is 16.0 Å². The zero-order valence-electron chi connectivity index (χ0n) is 24.1. The second-order valence-corrected chi connectivity index (χ2v) is 10.6. The van der Waals surface area contributed by atoms with Crippen LogP contribution < -0.4 is 21.7 Å². The molecule has 1 heterocycles. The van der Waals surface area contributed by atoms with E-state index >= 15 is 0 Å². The molecule has 3 aromatic rings. The number of carbonyl (C=O) groups excluding carboxylic acids is 4. The lowest BCUT2D eigenvalue weighted by Gasteiger charge is -2.24. The highest BCUT2D eigenvalue weighted by Gasteiger charge is 2.45. The first kappa shape index (κ1) is 31.2. The first-order valence-corrected chi connectivity index (χ1v) is 14.4. The summed E-state index contributed by atoms with van der Waals surface area (Å²) in [5, 5.41) is 7.98. The van der Waals surface area contributed by atoms with Gasteiger partial charge in [0.25, 0.3) is 0 Å². The Hall–Kier alpha value is -4.70. The fourth-order valence-corrected chi connectivity index (χ4v) is 4.81. The molecule has 3 unspecified atom stereocenters. The van der Waals surface area contributed by atoms with Crippen LogP contribution >= 0.6 is 0 Å². The van der Waals surface area contributed by atoms with E-state index in [0.29, 0.717) is 6.42 Å². The van der Waals surface area contributed by atoms with Gasteiger partial charge in [0.1, 0.15) is 24.8 Å². The molecule has 0 spiro atoms. The number of benzene rings is 3. The van der Waals surface area contributed by atoms with E-state index in [9.17, 15) is 19.2 Å². The number of nitrogens with one attached hydrogen (secondary N) is 3. The summed E-state index contributed by atoms with van der Waals surface area (Å²) in [6.45, 7) is 1.48. The van der Waals surface area contributed by atoms with E-state index in [0.717, 1.165) is 24.0 Å². The molecule has 0 aliphatic carbocycles. The molecule has 3 aromatic carbocycles. The Morgan fingerprint density at radius 1 is 0.791 bits per heavy atom. The Morgan fingerprint density at radius 3 is 1.98 bits per heavy atom. The van der Waals surface area contributed by atoms with Crippen molar-refractivity contribution in [3.05, 3.63) is 108 Å². The van der Waals surface area contributed by atoms with Gasteiger partial charge in [0.2, 0.25) is 17.7 Å². The van der Waals surface area contributed by atoms with E-state index in [-0.39, 0.29) is 18.8 Å². The van der Waals surface area contributed by atoms with Gasteiger partial charge in [-0.2, -0.15) is 0 Å². The van der Waals surface area contributed by atoms with Crippen molar-refractivity contribution in [1.29, 1.82) is 0 Å². The van der Waals surface area contributed by atoms with Crippen LogP contribution in [0.15, 0.2) is 91.0 Å². The lowest BCUT2D eigenvalue weighted by molar-refractivity contribution is -0.132. The minimum absolute atomic E-state index is 0.0338. The van der Waals surface area contributed by atoms with Gasteiger partial charge in [-0.1, -0.05) is 91.0 Å². The van der Waals surface area contributed by atoms with Crippen molar-refractivity contribution in [2.75, 3.05) is 0 Å². The number of carbonyl (C=O) groups is 4. The van der Waals surface area contributed by atoms with Gasteiger partial charge in [0.15, 0.2) is 0 Å². The van der Waals surface area contributed by atoms with E-state index in [1.807, 2.05) is 66.7 Å². The summed E-state index contributed by atoms with van der Waals surface area (Å²) in [6, 6.07) is 26.2. The molecule has 10 nitrogen and oxygen atoms in total. The molecular formula is C33H38N4O6. The third kappa shape index (κ3) is 10.3. The van der Waals surface area contributed by atoms with Crippen molar-refractivity contribution >= 4 is 23.8 Å². The maximum absolute atomic E-state index is 13.4. The molecular weight excluding hydrogens is 548 g/mol. The largest absolute Gasteiger partial charge is 0.445 e. The van der Waals surface area contributed by atoms with E-state index in [1.165, 1.54) is 12.5 Å². The normalized spacial score (nSPS) is 17.5. The van der Waals surface area contributed by atoms with E-state index in [1.54, 1.807) is 12.1 Å². The fraction of sp³-hybridized carbons (Fsp3) is 0.333. The van der Waals surface area contributed by atoms with E-state index in [4.69, 9.17) is 15.2 Å². The monoisotopic (exact) mass is 586 g/mol. The van der Waals surface area contributed by atoms with Crippen LogP contribution in [0.2, 0.25) is 0 Å². The smallest absolute Gasteiger partial charge is 0.408 e. The fourth-order valence-electron chi connectivity index (χ4n) is 4.81. The Kier molecular flexibility index (Phi) is 11.3. The zero-order valence-corrected chi connectivity index (χ0v) is 24.1. The van der Waals surface area contributed by atoms with Gasteiger partial charge in [-0.25, -0.2) is 4.79 Å². The number of primary amides is 1. The number of hydrogen-bond acceptors (Lipinski definition) is 6. The highest BCUT2D eigenvalue weighted by atomic mass is 16.6. The van der Waals surface area contributed by atoms with Crippen LogP contribution in [0.3, 0.4) is 0 Å². The lowest BCUT2D eigenvalue weighted by Crippen LogP contribution is -2.56. The van der Waals surface area contributed by atoms with E-state index in [2.05, 4.69) is 28.1 Å². The summed E-state index contributed by atoms with van der Waals surface area (Å²) in [4.78, 5) is 50.4. The average Bonchev–Trinajstić information content (AvgIpc) is 3.79. The molecule has 4 amide bonds. The maximum atomic E-state index is 13.4. The molecule has 1 aliphatic rings. The Balaban J connectivity index is 1.35. The van der Waals surface area contributed by atoms with Gasteiger partial charge >= 0.3 is 6.09 Å². The first-order valence-electron chi connectivity index (χ1n) is 14.4. The number of ether oxygens (including phenoxy) is 2. The molecule has 1 fully saturated rings. The summed E-state index contributed by atoms with van der Waals surface area (Å²) in [5.41, 5.74) is 8.42. The summed E-state index contributed by atoms with van der Waals surface area (Å²) in [7, 11) is 0. The highest BCUT2D eigenvalue weighted by molar-refractivity contribution is 5.94. The van der Waals surface area contributed by atoms with Crippen LogP contribution in [0.5, 0.6) is 0 Å². The third-order valence-electron chi connectivity index (χ3n) is 7.18.